The Morgan fingerprint density at radius 1 is 0.258 bits per heavy atom. The van der Waals surface area contributed by atoms with Gasteiger partial charge in [0.25, 0.3) is 0 Å². The molecule has 2 heteroatoms. The van der Waals surface area contributed by atoms with E-state index in [0.29, 0.717) is 0 Å². The SMILES string of the molecule is CCCCCCc1cc(C#Cc2cc(CCCCCC)c(C#Cc3cc(CCCCCC)c(C#CCO)cc3CCCCCC)cc2CCCCCC)c(CCCCCC)cc1C#CCO. The lowest BCUT2D eigenvalue weighted by molar-refractivity contribution is 0.350. The van der Waals surface area contributed by atoms with E-state index >= 15 is 0 Å². The van der Waals surface area contributed by atoms with Gasteiger partial charge < -0.3 is 10.2 Å². The lowest BCUT2D eigenvalue weighted by atomic mass is 9.90. The fourth-order valence-electron chi connectivity index (χ4n) is 9.00. The third-order valence-electron chi connectivity index (χ3n) is 13.1. The Morgan fingerprint density at radius 3 is 0.606 bits per heavy atom. The number of aliphatic hydroxyl groups is 2. The Morgan fingerprint density at radius 2 is 0.439 bits per heavy atom. The first kappa shape index (κ1) is 56.1. The molecular formula is C64H90O2. The van der Waals surface area contributed by atoms with Crippen molar-refractivity contribution in [1.82, 2.24) is 0 Å². The summed E-state index contributed by atoms with van der Waals surface area (Å²) in [6.07, 6.45) is 34.9. The second-order valence-corrected chi connectivity index (χ2v) is 18.8. The molecule has 3 aromatic rings. The van der Waals surface area contributed by atoms with Gasteiger partial charge in [-0.25, -0.2) is 0 Å². The number of aliphatic hydroxyl groups excluding tert-OH is 2. The molecule has 0 atom stereocenters. The number of aryl methyl sites for hydroxylation is 6. The van der Waals surface area contributed by atoms with Gasteiger partial charge >= 0.3 is 0 Å². The van der Waals surface area contributed by atoms with Gasteiger partial charge in [0.2, 0.25) is 0 Å². The Labute approximate surface area is 406 Å². The summed E-state index contributed by atoms with van der Waals surface area (Å²) in [5.74, 6) is 27.8. The molecule has 2 nitrogen and oxygen atoms in total. The molecule has 0 aliphatic rings. The third kappa shape index (κ3) is 21.6. The zero-order chi connectivity index (χ0) is 47.5. The molecule has 0 saturated heterocycles. The highest BCUT2D eigenvalue weighted by atomic mass is 16.3. The molecule has 0 heterocycles. The van der Waals surface area contributed by atoms with E-state index in [4.69, 9.17) is 0 Å². The normalized spacial score (nSPS) is 10.7. The van der Waals surface area contributed by atoms with Crippen molar-refractivity contribution in [3.8, 4) is 47.4 Å². The monoisotopic (exact) mass is 891 g/mol. The molecule has 2 N–H and O–H groups in total. The molecule has 3 rings (SSSR count). The van der Waals surface area contributed by atoms with E-state index in [2.05, 4.69) is 125 Å². The Bertz CT molecular complexity index is 1940. The number of unbranched alkanes of at least 4 members (excludes halogenated alkanes) is 18. The third-order valence-corrected chi connectivity index (χ3v) is 13.1. The van der Waals surface area contributed by atoms with Gasteiger partial charge in [0.05, 0.1) is 0 Å². The molecule has 0 aliphatic heterocycles. The summed E-state index contributed by atoms with van der Waals surface area (Å²) in [7, 11) is 0. The molecule has 3 aromatic carbocycles. The van der Waals surface area contributed by atoms with Gasteiger partial charge in [-0.1, -0.05) is 204 Å². The maximum atomic E-state index is 9.67. The molecule has 66 heavy (non-hydrogen) atoms. The summed E-state index contributed by atoms with van der Waals surface area (Å²) in [6.45, 7) is 13.4. The molecule has 0 saturated carbocycles. The van der Waals surface area contributed by atoms with Gasteiger partial charge in [0.1, 0.15) is 13.2 Å². The summed E-state index contributed by atoms with van der Waals surface area (Å²) in [5.41, 5.74) is 14.5. The van der Waals surface area contributed by atoms with E-state index in [0.717, 1.165) is 110 Å². The van der Waals surface area contributed by atoms with Gasteiger partial charge in [-0.05, 0) is 147 Å². The summed E-state index contributed by atoms with van der Waals surface area (Å²) >= 11 is 0. The maximum absolute atomic E-state index is 9.67. The predicted molar refractivity (Wildman–Crippen MR) is 286 cm³/mol. The standard InChI is InChI=1S/C64H90O2/c1-7-13-19-25-33-53-49-61(55(35-27-21-15-9-3)47-59(53)39-31-45-65)41-43-63-51-58(38-30-24-18-12-6)64(52-57(63)37-29-23-17-11-5)44-42-62-50-54(34-26-20-14-8-2)60(40-32-46-66)48-56(62)36-28-22-16-10-4/h47-52,65-66H,7-30,33-38,45-46H2,1-6H3. The molecule has 0 radical (unpaired) electrons. The number of hydrogen-bond acceptors (Lipinski definition) is 2. The lowest BCUT2D eigenvalue weighted by Gasteiger charge is -2.13. The first-order valence-electron chi connectivity index (χ1n) is 27.2. The number of hydrogen-bond donors (Lipinski definition) is 2. The maximum Gasteiger partial charge on any atom is 0.104 e. The molecule has 0 aliphatic carbocycles. The summed E-state index contributed by atoms with van der Waals surface area (Å²) < 4.78 is 0. The molecule has 0 aromatic heterocycles. The van der Waals surface area contributed by atoms with Crippen molar-refractivity contribution < 1.29 is 10.2 Å². The summed E-state index contributed by atoms with van der Waals surface area (Å²) in [6, 6.07) is 14.1. The van der Waals surface area contributed by atoms with Crippen LogP contribution >= 0.6 is 0 Å². The van der Waals surface area contributed by atoms with E-state index in [9.17, 15) is 10.2 Å². The van der Waals surface area contributed by atoms with E-state index < -0.39 is 0 Å². The Balaban J connectivity index is 2.29. The van der Waals surface area contributed by atoms with Crippen LogP contribution in [0.5, 0.6) is 0 Å². The van der Waals surface area contributed by atoms with Crippen LogP contribution in [0.1, 0.15) is 262 Å². The van der Waals surface area contributed by atoms with Crippen LogP contribution in [0.4, 0.5) is 0 Å². The van der Waals surface area contributed by atoms with Gasteiger partial charge in [0, 0.05) is 33.4 Å². The molecule has 0 amide bonds. The molecule has 0 bridgehead atoms. The van der Waals surface area contributed by atoms with Gasteiger partial charge in [0.15, 0.2) is 0 Å². The fourth-order valence-corrected chi connectivity index (χ4v) is 9.00. The van der Waals surface area contributed by atoms with Crippen LogP contribution in [-0.2, 0) is 38.5 Å². The molecule has 358 valence electrons. The zero-order valence-corrected chi connectivity index (χ0v) is 43.0. The van der Waals surface area contributed by atoms with Crippen LogP contribution in [0.15, 0.2) is 36.4 Å². The average Bonchev–Trinajstić information content (AvgIpc) is 3.33. The van der Waals surface area contributed by atoms with Crippen LogP contribution in [0.2, 0.25) is 0 Å². The van der Waals surface area contributed by atoms with Crippen molar-refractivity contribution in [3.05, 3.63) is 103 Å². The van der Waals surface area contributed by atoms with Crippen LogP contribution < -0.4 is 0 Å². The fraction of sp³-hybridized carbons (Fsp3) is 0.594. The van der Waals surface area contributed by atoms with E-state index in [1.807, 2.05) is 0 Å². The van der Waals surface area contributed by atoms with Crippen molar-refractivity contribution >= 4 is 0 Å². The van der Waals surface area contributed by atoms with Crippen molar-refractivity contribution in [2.75, 3.05) is 13.2 Å². The van der Waals surface area contributed by atoms with Crippen molar-refractivity contribution in [3.63, 3.8) is 0 Å². The first-order chi connectivity index (χ1) is 32.5. The molecule has 0 fully saturated rings. The minimum atomic E-state index is -0.127. The van der Waals surface area contributed by atoms with Crippen LogP contribution in [0.25, 0.3) is 0 Å². The quantitative estimate of drug-likeness (QED) is 0.0517. The van der Waals surface area contributed by atoms with Gasteiger partial charge in [-0.2, -0.15) is 0 Å². The largest absolute Gasteiger partial charge is 0.384 e. The smallest absolute Gasteiger partial charge is 0.104 e. The lowest BCUT2D eigenvalue weighted by Crippen LogP contribution is -2.01. The van der Waals surface area contributed by atoms with Gasteiger partial charge in [-0.3, -0.25) is 0 Å². The van der Waals surface area contributed by atoms with E-state index in [1.165, 1.54) is 149 Å². The van der Waals surface area contributed by atoms with E-state index in [1.54, 1.807) is 0 Å². The highest BCUT2D eigenvalue weighted by Gasteiger charge is 2.13. The topological polar surface area (TPSA) is 40.5 Å². The van der Waals surface area contributed by atoms with E-state index in [-0.39, 0.29) is 13.2 Å². The second kappa shape index (κ2) is 35.9. The Kier molecular flexibility index (Phi) is 30.6. The van der Waals surface area contributed by atoms with Crippen LogP contribution in [-0.4, -0.2) is 23.4 Å². The summed E-state index contributed by atoms with van der Waals surface area (Å²) in [4.78, 5) is 0. The number of rotatable bonds is 30. The number of benzene rings is 3. The molecule has 0 unspecified atom stereocenters. The summed E-state index contributed by atoms with van der Waals surface area (Å²) in [5, 5.41) is 19.3. The van der Waals surface area contributed by atoms with Crippen molar-refractivity contribution in [2.45, 2.75) is 234 Å². The highest BCUT2D eigenvalue weighted by molar-refractivity contribution is 5.59. The minimum Gasteiger partial charge on any atom is -0.384 e. The first-order valence-corrected chi connectivity index (χ1v) is 27.2. The molecular weight excluding hydrogens is 801 g/mol. The highest BCUT2D eigenvalue weighted by Crippen LogP contribution is 2.26. The van der Waals surface area contributed by atoms with Crippen LogP contribution in [0.3, 0.4) is 0 Å². The predicted octanol–water partition coefficient (Wildman–Crippen LogP) is 15.9. The van der Waals surface area contributed by atoms with Crippen LogP contribution in [0, 0.1) is 47.4 Å². The second-order valence-electron chi connectivity index (χ2n) is 18.8. The zero-order valence-electron chi connectivity index (χ0n) is 43.0. The Hall–Kier alpha value is -4.18. The average molecular weight is 891 g/mol. The molecule has 0 spiro atoms. The van der Waals surface area contributed by atoms with Crippen molar-refractivity contribution in [1.29, 1.82) is 0 Å². The minimum absolute atomic E-state index is 0.127. The van der Waals surface area contributed by atoms with Gasteiger partial charge in [-0.15, -0.1) is 0 Å². The van der Waals surface area contributed by atoms with Crippen molar-refractivity contribution in [2.24, 2.45) is 0 Å².